The molecule has 0 aliphatic rings. The molecular formula is C17H14F2N2O. The zero-order valence-electron chi connectivity index (χ0n) is 11.7. The highest BCUT2D eigenvalue weighted by atomic mass is 19.3. The molecular weight excluding hydrogens is 286 g/mol. The van der Waals surface area contributed by atoms with Gasteiger partial charge in [-0.1, -0.05) is 30.3 Å². The minimum absolute atomic E-state index is 0.153. The number of aromatic nitrogens is 1. The van der Waals surface area contributed by atoms with Crippen LogP contribution in [0.2, 0.25) is 0 Å². The number of nitrogens with one attached hydrogen (secondary N) is 1. The molecule has 1 aromatic heterocycles. The standard InChI is InChI=1S/C17H14F2N2O/c18-17(19)22-14-6-3-4-12(10-14)11-20-16-9-8-13-5-1-2-7-15(13)21-16/h1-10,17H,11H2,(H,20,21). The van der Waals surface area contributed by atoms with Crippen LogP contribution in [-0.2, 0) is 6.54 Å². The molecule has 0 amide bonds. The van der Waals surface area contributed by atoms with Crippen molar-refractivity contribution < 1.29 is 13.5 Å². The van der Waals surface area contributed by atoms with Gasteiger partial charge in [0.25, 0.3) is 0 Å². The van der Waals surface area contributed by atoms with Crippen molar-refractivity contribution in [2.24, 2.45) is 0 Å². The summed E-state index contributed by atoms with van der Waals surface area (Å²) in [6, 6.07) is 18.3. The molecule has 0 radical (unpaired) electrons. The molecule has 112 valence electrons. The molecule has 0 atom stereocenters. The van der Waals surface area contributed by atoms with Gasteiger partial charge < -0.3 is 10.1 Å². The van der Waals surface area contributed by atoms with Crippen LogP contribution in [0.25, 0.3) is 10.9 Å². The van der Waals surface area contributed by atoms with E-state index in [9.17, 15) is 8.78 Å². The molecule has 0 spiro atoms. The number of hydrogen-bond donors (Lipinski definition) is 1. The molecule has 22 heavy (non-hydrogen) atoms. The van der Waals surface area contributed by atoms with E-state index in [1.807, 2.05) is 42.5 Å². The third kappa shape index (κ3) is 3.49. The molecule has 0 saturated carbocycles. The summed E-state index contributed by atoms with van der Waals surface area (Å²) < 4.78 is 28.8. The molecule has 0 unspecified atom stereocenters. The largest absolute Gasteiger partial charge is 0.435 e. The Morgan fingerprint density at radius 2 is 1.86 bits per heavy atom. The molecule has 3 rings (SSSR count). The first-order chi connectivity index (χ1) is 10.7. The normalized spacial score (nSPS) is 10.9. The molecule has 0 aliphatic carbocycles. The van der Waals surface area contributed by atoms with Crippen LogP contribution in [0.3, 0.4) is 0 Å². The van der Waals surface area contributed by atoms with Gasteiger partial charge in [0.1, 0.15) is 11.6 Å². The van der Waals surface area contributed by atoms with Gasteiger partial charge in [-0.25, -0.2) is 4.98 Å². The number of halogens is 2. The summed E-state index contributed by atoms with van der Waals surface area (Å²) >= 11 is 0. The average Bonchev–Trinajstić information content (AvgIpc) is 2.52. The fourth-order valence-electron chi connectivity index (χ4n) is 2.19. The molecule has 5 heteroatoms. The van der Waals surface area contributed by atoms with Gasteiger partial charge in [-0.05, 0) is 35.9 Å². The van der Waals surface area contributed by atoms with Gasteiger partial charge in [-0.2, -0.15) is 8.78 Å². The summed E-state index contributed by atoms with van der Waals surface area (Å²) in [5.41, 5.74) is 1.75. The monoisotopic (exact) mass is 300 g/mol. The average molecular weight is 300 g/mol. The van der Waals surface area contributed by atoms with E-state index in [4.69, 9.17) is 0 Å². The van der Waals surface area contributed by atoms with Crippen molar-refractivity contribution in [1.29, 1.82) is 0 Å². The van der Waals surface area contributed by atoms with E-state index < -0.39 is 6.61 Å². The van der Waals surface area contributed by atoms with Gasteiger partial charge in [0.05, 0.1) is 5.52 Å². The number of anilines is 1. The second kappa shape index (κ2) is 6.39. The third-order valence-corrected chi connectivity index (χ3v) is 3.20. The summed E-state index contributed by atoms with van der Waals surface area (Å²) in [7, 11) is 0. The fraction of sp³-hybridized carbons (Fsp3) is 0.118. The van der Waals surface area contributed by atoms with E-state index in [1.165, 1.54) is 6.07 Å². The van der Waals surface area contributed by atoms with E-state index in [2.05, 4.69) is 15.0 Å². The third-order valence-electron chi connectivity index (χ3n) is 3.20. The lowest BCUT2D eigenvalue weighted by Gasteiger charge is -2.09. The minimum atomic E-state index is -2.81. The van der Waals surface area contributed by atoms with Crippen LogP contribution >= 0.6 is 0 Å². The Labute approximate surface area is 126 Å². The lowest BCUT2D eigenvalue weighted by atomic mass is 10.2. The number of hydrogen-bond acceptors (Lipinski definition) is 3. The van der Waals surface area contributed by atoms with Crippen molar-refractivity contribution in [2.45, 2.75) is 13.2 Å². The highest BCUT2D eigenvalue weighted by molar-refractivity contribution is 5.80. The van der Waals surface area contributed by atoms with Gasteiger partial charge >= 0.3 is 6.61 Å². The predicted molar refractivity (Wildman–Crippen MR) is 82.1 cm³/mol. The van der Waals surface area contributed by atoms with Crippen LogP contribution in [0, 0.1) is 0 Å². The maximum absolute atomic E-state index is 12.2. The number of benzene rings is 2. The summed E-state index contributed by atoms with van der Waals surface area (Å²) in [6.07, 6.45) is 0. The van der Waals surface area contributed by atoms with Crippen molar-refractivity contribution in [1.82, 2.24) is 4.98 Å². The van der Waals surface area contributed by atoms with Gasteiger partial charge in [0.15, 0.2) is 0 Å². The van der Waals surface area contributed by atoms with E-state index in [-0.39, 0.29) is 5.75 Å². The zero-order chi connectivity index (χ0) is 15.4. The van der Waals surface area contributed by atoms with Crippen molar-refractivity contribution in [3.05, 3.63) is 66.2 Å². The lowest BCUT2D eigenvalue weighted by Crippen LogP contribution is -2.04. The minimum Gasteiger partial charge on any atom is -0.435 e. The summed E-state index contributed by atoms with van der Waals surface area (Å²) in [5.74, 6) is 0.889. The molecule has 1 N–H and O–H groups in total. The van der Waals surface area contributed by atoms with Gasteiger partial charge in [-0.15, -0.1) is 0 Å². The van der Waals surface area contributed by atoms with Crippen LogP contribution in [0.4, 0.5) is 14.6 Å². The highest BCUT2D eigenvalue weighted by Gasteiger charge is 2.05. The van der Waals surface area contributed by atoms with E-state index in [0.29, 0.717) is 6.54 Å². The number of para-hydroxylation sites is 1. The number of rotatable bonds is 5. The summed E-state index contributed by atoms with van der Waals surface area (Å²) in [4.78, 5) is 4.50. The molecule has 0 aliphatic heterocycles. The molecule has 0 fully saturated rings. The van der Waals surface area contributed by atoms with Crippen LogP contribution in [0.15, 0.2) is 60.7 Å². The lowest BCUT2D eigenvalue weighted by molar-refractivity contribution is -0.0498. The van der Waals surface area contributed by atoms with Gasteiger partial charge in [-0.3, -0.25) is 0 Å². The molecule has 0 saturated heterocycles. The predicted octanol–water partition coefficient (Wildman–Crippen LogP) is 4.45. The fourth-order valence-corrected chi connectivity index (χ4v) is 2.19. The van der Waals surface area contributed by atoms with Crippen LogP contribution in [0.5, 0.6) is 5.75 Å². The zero-order valence-corrected chi connectivity index (χ0v) is 11.7. The van der Waals surface area contributed by atoms with Gasteiger partial charge in [0.2, 0.25) is 0 Å². The first-order valence-corrected chi connectivity index (χ1v) is 6.84. The number of alkyl halides is 2. The molecule has 3 nitrogen and oxygen atoms in total. The number of fused-ring (bicyclic) bond motifs is 1. The quantitative estimate of drug-likeness (QED) is 0.756. The Morgan fingerprint density at radius 3 is 2.73 bits per heavy atom. The second-order valence-corrected chi connectivity index (χ2v) is 4.77. The number of nitrogens with zero attached hydrogens (tertiary/aromatic N) is 1. The highest BCUT2D eigenvalue weighted by Crippen LogP contribution is 2.18. The topological polar surface area (TPSA) is 34.1 Å². The van der Waals surface area contributed by atoms with Crippen LogP contribution in [-0.4, -0.2) is 11.6 Å². The maximum atomic E-state index is 12.2. The Balaban J connectivity index is 1.70. The molecule has 2 aromatic carbocycles. The van der Waals surface area contributed by atoms with Crippen molar-refractivity contribution in [3.8, 4) is 5.75 Å². The van der Waals surface area contributed by atoms with Crippen LogP contribution < -0.4 is 10.1 Å². The maximum Gasteiger partial charge on any atom is 0.387 e. The smallest absolute Gasteiger partial charge is 0.387 e. The SMILES string of the molecule is FC(F)Oc1cccc(CNc2ccc3ccccc3n2)c1. The van der Waals surface area contributed by atoms with Crippen molar-refractivity contribution >= 4 is 16.7 Å². The number of pyridine rings is 1. The molecule has 1 heterocycles. The first kappa shape index (κ1) is 14.3. The van der Waals surface area contributed by atoms with Crippen molar-refractivity contribution in [3.63, 3.8) is 0 Å². The summed E-state index contributed by atoms with van der Waals surface area (Å²) in [5, 5.41) is 4.25. The van der Waals surface area contributed by atoms with E-state index in [1.54, 1.807) is 12.1 Å². The molecule has 0 bridgehead atoms. The van der Waals surface area contributed by atoms with Crippen molar-refractivity contribution in [2.75, 3.05) is 5.32 Å². The second-order valence-electron chi connectivity index (χ2n) is 4.77. The Morgan fingerprint density at radius 1 is 1.00 bits per heavy atom. The van der Waals surface area contributed by atoms with Gasteiger partial charge in [0, 0.05) is 11.9 Å². The first-order valence-electron chi connectivity index (χ1n) is 6.84. The van der Waals surface area contributed by atoms with E-state index in [0.717, 1.165) is 22.3 Å². The Bertz CT molecular complexity index is 777. The summed E-state index contributed by atoms with van der Waals surface area (Å²) in [6.45, 7) is -2.34. The van der Waals surface area contributed by atoms with E-state index >= 15 is 0 Å². The number of ether oxygens (including phenoxy) is 1. The molecule has 3 aromatic rings. The Hall–Kier alpha value is -2.69. The Kier molecular flexibility index (Phi) is 4.14. The van der Waals surface area contributed by atoms with Crippen LogP contribution in [0.1, 0.15) is 5.56 Å².